The molecule has 3 nitrogen and oxygen atoms in total. The topological polar surface area (TPSA) is 34.1 Å². The molecule has 0 aliphatic carbocycles. The van der Waals surface area contributed by atoms with Crippen LogP contribution in [-0.2, 0) is 6.54 Å². The summed E-state index contributed by atoms with van der Waals surface area (Å²) in [6.45, 7) is 0.586. The van der Waals surface area contributed by atoms with Crippen molar-refractivity contribution in [3.63, 3.8) is 0 Å². The summed E-state index contributed by atoms with van der Waals surface area (Å²) in [6.07, 6.45) is 1.19. The smallest absolute Gasteiger partial charge is 0.141 e. The molecule has 4 heteroatoms. The van der Waals surface area contributed by atoms with E-state index in [1.165, 1.54) is 12.3 Å². The van der Waals surface area contributed by atoms with Crippen LogP contribution in [-0.4, -0.2) is 12.1 Å². The second kappa shape index (κ2) is 5.30. The third-order valence-corrected chi connectivity index (χ3v) is 2.38. The third-order valence-electron chi connectivity index (χ3n) is 2.38. The van der Waals surface area contributed by atoms with Crippen LogP contribution in [0, 0.1) is 5.82 Å². The first-order chi connectivity index (χ1) is 8.29. The van der Waals surface area contributed by atoms with Gasteiger partial charge < -0.3 is 10.1 Å². The maximum atomic E-state index is 12.7. The van der Waals surface area contributed by atoms with Crippen LogP contribution in [0.3, 0.4) is 0 Å². The Hall–Kier alpha value is -2.10. The van der Waals surface area contributed by atoms with Gasteiger partial charge in [0.15, 0.2) is 0 Å². The van der Waals surface area contributed by atoms with Crippen LogP contribution in [0.4, 0.5) is 10.2 Å². The summed E-state index contributed by atoms with van der Waals surface area (Å²) in [5.74, 6) is 1.12. The number of nitrogens with one attached hydrogen (secondary N) is 1. The fourth-order valence-electron chi connectivity index (χ4n) is 1.52. The van der Waals surface area contributed by atoms with Crippen molar-refractivity contribution in [2.75, 3.05) is 12.4 Å². The van der Waals surface area contributed by atoms with Gasteiger partial charge in [-0.15, -0.1) is 0 Å². The van der Waals surface area contributed by atoms with Crippen LogP contribution >= 0.6 is 0 Å². The van der Waals surface area contributed by atoms with Crippen LogP contribution < -0.4 is 10.1 Å². The van der Waals surface area contributed by atoms with Gasteiger partial charge in [-0.3, -0.25) is 0 Å². The van der Waals surface area contributed by atoms with Gasteiger partial charge in [0.2, 0.25) is 0 Å². The van der Waals surface area contributed by atoms with E-state index in [4.69, 9.17) is 4.74 Å². The molecule has 1 heterocycles. The predicted octanol–water partition coefficient (Wildman–Crippen LogP) is 2.84. The molecular weight excluding hydrogens is 219 g/mol. The fraction of sp³-hybridized carbons (Fsp3) is 0.154. The number of halogens is 1. The van der Waals surface area contributed by atoms with Gasteiger partial charge in [0.25, 0.3) is 0 Å². The second-order valence-electron chi connectivity index (χ2n) is 3.53. The molecule has 17 heavy (non-hydrogen) atoms. The van der Waals surface area contributed by atoms with E-state index in [1.807, 2.05) is 24.3 Å². The molecule has 2 rings (SSSR count). The Kier molecular flexibility index (Phi) is 3.55. The van der Waals surface area contributed by atoms with E-state index in [2.05, 4.69) is 10.3 Å². The number of nitrogens with zero attached hydrogens (tertiary/aromatic N) is 1. The van der Waals surface area contributed by atoms with Crippen LogP contribution in [0.25, 0.3) is 0 Å². The number of anilines is 1. The fourth-order valence-corrected chi connectivity index (χ4v) is 1.52. The summed E-state index contributed by atoms with van der Waals surface area (Å²) >= 11 is 0. The minimum Gasteiger partial charge on any atom is -0.496 e. The van der Waals surface area contributed by atoms with Gasteiger partial charge in [-0.1, -0.05) is 18.2 Å². The molecule has 0 bridgehead atoms. The highest BCUT2D eigenvalue weighted by Crippen LogP contribution is 2.18. The molecule has 0 radical (unpaired) electrons. The monoisotopic (exact) mass is 232 g/mol. The first-order valence-electron chi connectivity index (χ1n) is 5.27. The Bertz CT molecular complexity index is 485. The van der Waals surface area contributed by atoms with Crippen molar-refractivity contribution in [3.8, 4) is 5.75 Å². The van der Waals surface area contributed by atoms with E-state index >= 15 is 0 Å². The zero-order chi connectivity index (χ0) is 12.1. The number of aromatic nitrogens is 1. The van der Waals surface area contributed by atoms with Gasteiger partial charge in [-0.05, 0) is 18.2 Å². The Balaban J connectivity index is 2.04. The quantitative estimate of drug-likeness (QED) is 0.880. The minimum atomic E-state index is -0.340. The number of para-hydroxylation sites is 1. The van der Waals surface area contributed by atoms with Crippen LogP contribution in [0.5, 0.6) is 5.75 Å². The Labute approximate surface area is 99.3 Å². The van der Waals surface area contributed by atoms with Crippen LogP contribution in [0.1, 0.15) is 5.56 Å². The minimum absolute atomic E-state index is 0.340. The van der Waals surface area contributed by atoms with E-state index in [9.17, 15) is 4.39 Å². The highest BCUT2D eigenvalue weighted by Gasteiger charge is 2.01. The first-order valence-corrected chi connectivity index (χ1v) is 5.27. The van der Waals surface area contributed by atoms with E-state index in [0.717, 1.165) is 11.3 Å². The van der Waals surface area contributed by atoms with Crippen molar-refractivity contribution in [3.05, 3.63) is 54.0 Å². The van der Waals surface area contributed by atoms with Gasteiger partial charge in [0.05, 0.1) is 13.3 Å². The molecular formula is C13H13FN2O. The molecule has 1 N–H and O–H groups in total. The lowest BCUT2D eigenvalue weighted by Crippen LogP contribution is -2.02. The van der Waals surface area contributed by atoms with Gasteiger partial charge in [0.1, 0.15) is 17.4 Å². The van der Waals surface area contributed by atoms with Crippen LogP contribution in [0.15, 0.2) is 42.6 Å². The molecule has 0 saturated carbocycles. The normalized spacial score (nSPS) is 10.0. The molecule has 0 unspecified atom stereocenters. The van der Waals surface area contributed by atoms with Crippen molar-refractivity contribution in [1.29, 1.82) is 0 Å². The third kappa shape index (κ3) is 2.93. The van der Waals surface area contributed by atoms with E-state index < -0.39 is 0 Å². The maximum absolute atomic E-state index is 12.7. The Morgan fingerprint density at radius 2 is 2.06 bits per heavy atom. The highest BCUT2D eigenvalue weighted by atomic mass is 19.1. The average Bonchev–Trinajstić information content (AvgIpc) is 2.38. The summed E-state index contributed by atoms with van der Waals surface area (Å²) in [5, 5.41) is 3.11. The SMILES string of the molecule is COc1ccccc1CNc1ccc(F)cn1. The van der Waals surface area contributed by atoms with Crippen molar-refractivity contribution in [2.24, 2.45) is 0 Å². The largest absolute Gasteiger partial charge is 0.496 e. The maximum Gasteiger partial charge on any atom is 0.141 e. The zero-order valence-corrected chi connectivity index (χ0v) is 9.48. The van der Waals surface area contributed by atoms with Crippen LogP contribution in [0.2, 0.25) is 0 Å². The number of pyridine rings is 1. The van der Waals surface area contributed by atoms with E-state index in [-0.39, 0.29) is 5.82 Å². The van der Waals surface area contributed by atoms with Crippen molar-refractivity contribution in [2.45, 2.75) is 6.54 Å². The molecule has 2 aromatic rings. The molecule has 0 aliphatic rings. The lowest BCUT2D eigenvalue weighted by molar-refractivity contribution is 0.410. The Morgan fingerprint density at radius 3 is 2.76 bits per heavy atom. The Morgan fingerprint density at radius 1 is 1.24 bits per heavy atom. The molecule has 0 atom stereocenters. The first kappa shape index (κ1) is 11.4. The van der Waals surface area contributed by atoms with E-state index in [1.54, 1.807) is 13.2 Å². The van der Waals surface area contributed by atoms with E-state index in [0.29, 0.717) is 12.4 Å². The molecule has 0 saturated heterocycles. The molecule has 0 spiro atoms. The number of hydrogen-bond acceptors (Lipinski definition) is 3. The summed E-state index contributed by atoms with van der Waals surface area (Å²) in [6, 6.07) is 10.7. The number of ether oxygens (including phenoxy) is 1. The number of rotatable bonds is 4. The van der Waals surface area contributed by atoms with Gasteiger partial charge >= 0.3 is 0 Å². The molecule has 1 aromatic carbocycles. The average molecular weight is 232 g/mol. The molecule has 0 aliphatic heterocycles. The zero-order valence-electron chi connectivity index (χ0n) is 9.48. The predicted molar refractivity (Wildman–Crippen MR) is 64.5 cm³/mol. The van der Waals surface area contributed by atoms with Crippen molar-refractivity contribution >= 4 is 5.82 Å². The molecule has 0 fully saturated rings. The summed E-state index contributed by atoms with van der Waals surface area (Å²) in [7, 11) is 1.63. The lowest BCUT2D eigenvalue weighted by Gasteiger charge is -2.09. The number of hydrogen-bond donors (Lipinski definition) is 1. The lowest BCUT2D eigenvalue weighted by atomic mass is 10.2. The second-order valence-corrected chi connectivity index (χ2v) is 3.53. The standard InChI is InChI=1S/C13H13FN2O/c1-17-12-5-3-2-4-10(12)8-15-13-7-6-11(14)9-16-13/h2-7,9H,8H2,1H3,(H,15,16). The van der Waals surface area contributed by atoms with Crippen molar-refractivity contribution in [1.82, 2.24) is 4.98 Å². The summed E-state index contributed by atoms with van der Waals surface area (Å²) in [5.41, 5.74) is 1.03. The highest BCUT2D eigenvalue weighted by molar-refractivity contribution is 5.39. The molecule has 0 amide bonds. The number of methoxy groups -OCH3 is 1. The van der Waals surface area contributed by atoms with Gasteiger partial charge in [0, 0.05) is 12.1 Å². The van der Waals surface area contributed by atoms with Gasteiger partial charge in [-0.2, -0.15) is 0 Å². The molecule has 88 valence electrons. The molecule has 1 aromatic heterocycles. The van der Waals surface area contributed by atoms with Gasteiger partial charge in [-0.25, -0.2) is 9.37 Å². The summed E-state index contributed by atoms with van der Waals surface area (Å²) < 4.78 is 17.9. The van der Waals surface area contributed by atoms with Crippen molar-refractivity contribution < 1.29 is 9.13 Å². The summed E-state index contributed by atoms with van der Waals surface area (Å²) in [4.78, 5) is 3.92. The number of benzene rings is 1.